The third-order valence-electron chi connectivity index (χ3n) is 3.63. The average Bonchev–Trinajstić information content (AvgIpc) is 2.74. The maximum atomic E-state index is 11.7. The van der Waals surface area contributed by atoms with Crippen LogP contribution in [-0.2, 0) is 10.0 Å². The van der Waals surface area contributed by atoms with Crippen molar-refractivity contribution in [2.24, 2.45) is 5.92 Å². The van der Waals surface area contributed by atoms with E-state index in [1.807, 2.05) is 0 Å². The van der Waals surface area contributed by atoms with Crippen molar-refractivity contribution in [3.05, 3.63) is 18.2 Å². The number of hydrogen-bond donors (Lipinski definition) is 3. The Labute approximate surface area is 114 Å². The smallest absolute Gasteiger partial charge is 0.242 e. The Bertz CT molecular complexity index is 557. The third-order valence-corrected chi connectivity index (χ3v) is 5.12. The van der Waals surface area contributed by atoms with Gasteiger partial charge in [0.2, 0.25) is 10.0 Å². The summed E-state index contributed by atoms with van der Waals surface area (Å²) < 4.78 is 25.7. The molecule has 1 saturated carbocycles. The molecule has 2 rings (SSSR count). The molecular formula is C13H21N3O2S. The molecule has 1 fully saturated rings. The second kappa shape index (κ2) is 5.38. The van der Waals surface area contributed by atoms with Crippen LogP contribution in [0, 0.1) is 5.92 Å². The lowest BCUT2D eigenvalue weighted by Crippen LogP contribution is -2.20. The highest BCUT2D eigenvalue weighted by Crippen LogP contribution is 2.29. The van der Waals surface area contributed by atoms with Gasteiger partial charge in [0, 0.05) is 11.7 Å². The maximum Gasteiger partial charge on any atom is 0.242 e. The van der Waals surface area contributed by atoms with Crippen LogP contribution in [0.2, 0.25) is 0 Å². The molecule has 1 aliphatic rings. The van der Waals surface area contributed by atoms with Crippen molar-refractivity contribution in [3.8, 4) is 0 Å². The molecule has 1 aromatic carbocycles. The van der Waals surface area contributed by atoms with E-state index in [2.05, 4.69) is 17.0 Å². The van der Waals surface area contributed by atoms with Gasteiger partial charge in [0.1, 0.15) is 4.90 Å². The molecule has 19 heavy (non-hydrogen) atoms. The molecule has 6 heteroatoms. The zero-order valence-corrected chi connectivity index (χ0v) is 12.1. The summed E-state index contributed by atoms with van der Waals surface area (Å²) in [7, 11) is -2.11. The van der Waals surface area contributed by atoms with Crippen LogP contribution in [0.25, 0.3) is 0 Å². The predicted octanol–water partition coefficient (Wildman–Crippen LogP) is 1.78. The highest BCUT2D eigenvalue weighted by atomic mass is 32.2. The van der Waals surface area contributed by atoms with Crippen molar-refractivity contribution in [3.63, 3.8) is 0 Å². The van der Waals surface area contributed by atoms with E-state index in [1.54, 1.807) is 18.2 Å². The topological polar surface area (TPSA) is 84.2 Å². The molecule has 0 saturated heterocycles. The second-order valence-electron chi connectivity index (χ2n) is 5.22. The van der Waals surface area contributed by atoms with Gasteiger partial charge in [-0.2, -0.15) is 0 Å². The summed E-state index contributed by atoms with van der Waals surface area (Å²) in [6.45, 7) is 2.25. The quantitative estimate of drug-likeness (QED) is 0.735. The molecule has 5 nitrogen and oxygen atoms in total. The standard InChI is InChI=1S/C13H21N3O2S/c1-9-3-4-10(7-9)16-11-5-6-13(12(14)8-11)19(17,18)15-2/h5-6,8-10,15-16H,3-4,7,14H2,1-2H3. The zero-order chi connectivity index (χ0) is 14.0. The Morgan fingerprint density at radius 1 is 1.32 bits per heavy atom. The Morgan fingerprint density at radius 3 is 2.58 bits per heavy atom. The molecule has 0 spiro atoms. The fourth-order valence-corrected chi connectivity index (χ4v) is 3.40. The summed E-state index contributed by atoms with van der Waals surface area (Å²) in [5, 5.41) is 3.41. The van der Waals surface area contributed by atoms with E-state index in [0.29, 0.717) is 6.04 Å². The number of nitrogen functional groups attached to an aromatic ring is 1. The molecule has 0 aliphatic heterocycles. The first-order valence-electron chi connectivity index (χ1n) is 6.52. The highest BCUT2D eigenvalue weighted by molar-refractivity contribution is 7.89. The lowest BCUT2D eigenvalue weighted by molar-refractivity contribution is 0.588. The van der Waals surface area contributed by atoms with E-state index < -0.39 is 10.0 Å². The summed E-state index contributed by atoms with van der Waals surface area (Å²) >= 11 is 0. The van der Waals surface area contributed by atoms with Gasteiger partial charge in [-0.3, -0.25) is 0 Å². The number of benzene rings is 1. The number of rotatable bonds is 4. The van der Waals surface area contributed by atoms with Crippen molar-refractivity contribution in [1.82, 2.24) is 4.72 Å². The van der Waals surface area contributed by atoms with E-state index in [0.717, 1.165) is 24.4 Å². The third kappa shape index (κ3) is 3.19. The summed E-state index contributed by atoms with van der Waals surface area (Å²) in [6.07, 6.45) is 3.54. The van der Waals surface area contributed by atoms with Gasteiger partial charge in [0.15, 0.2) is 0 Å². The molecule has 0 bridgehead atoms. The molecule has 0 aromatic heterocycles. The number of sulfonamides is 1. The molecule has 1 aliphatic carbocycles. The minimum atomic E-state index is -3.48. The van der Waals surface area contributed by atoms with Crippen LogP contribution in [0.4, 0.5) is 11.4 Å². The van der Waals surface area contributed by atoms with Crippen LogP contribution in [0.1, 0.15) is 26.2 Å². The Hall–Kier alpha value is -1.27. The van der Waals surface area contributed by atoms with E-state index in [1.165, 1.54) is 13.5 Å². The van der Waals surface area contributed by atoms with Crippen molar-refractivity contribution < 1.29 is 8.42 Å². The minimum Gasteiger partial charge on any atom is -0.398 e. The maximum absolute atomic E-state index is 11.7. The van der Waals surface area contributed by atoms with Crippen molar-refractivity contribution >= 4 is 21.4 Å². The van der Waals surface area contributed by atoms with Crippen LogP contribution < -0.4 is 15.8 Å². The van der Waals surface area contributed by atoms with Crippen LogP contribution >= 0.6 is 0 Å². The number of anilines is 2. The van der Waals surface area contributed by atoms with Crippen LogP contribution in [0.3, 0.4) is 0 Å². The molecule has 2 unspecified atom stereocenters. The zero-order valence-electron chi connectivity index (χ0n) is 11.3. The van der Waals surface area contributed by atoms with Gasteiger partial charge in [-0.05, 0) is 50.4 Å². The highest BCUT2D eigenvalue weighted by Gasteiger charge is 2.21. The minimum absolute atomic E-state index is 0.125. The summed E-state index contributed by atoms with van der Waals surface area (Å²) in [5.74, 6) is 0.749. The van der Waals surface area contributed by atoms with Gasteiger partial charge in [-0.25, -0.2) is 13.1 Å². The fraction of sp³-hybridized carbons (Fsp3) is 0.538. The molecule has 106 valence electrons. The molecule has 2 atom stereocenters. The van der Waals surface area contributed by atoms with Crippen LogP contribution in [0.15, 0.2) is 23.1 Å². The predicted molar refractivity (Wildman–Crippen MR) is 77.5 cm³/mol. The van der Waals surface area contributed by atoms with Crippen LogP contribution in [-0.4, -0.2) is 21.5 Å². The van der Waals surface area contributed by atoms with Crippen molar-refractivity contribution in [1.29, 1.82) is 0 Å². The van der Waals surface area contributed by atoms with Gasteiger partial charge in [0.05, 0.1) is 5.69 Å². The normalized spacial score (nSPS) is 23.5. The molecule has 0 amide bonds. The monoisotopic (exact) mass is 283 g/mol. The Kier molecular flexibility index (Phi) is 4.01. The average molecular weight is 283 g/mol. The fourth-order valence-electron chi connectivity index (χ4n) is 2.57. The van der Waals surface area contributed by atoms with E-state index in [-0.39, 0.29) is 10.6 Å². The first kappa shape index (κ1) is 14.1. The molecule has 0 heterocycles. The first-order valence-corrected chi connectivity index (χ1v) is 8.00. The summed E-state index contributed by atoms with van der Waals surface area (Å²) in [6, 6.07) is 5.46. The van der Waals surface area contributed by atoms with Gasteiger partial charge >= 0.3 is 0 Å². The molecule has 4 N–H and O–H groups in total. The number of nitrogens with one attached hydrogen (secondary N) is 2. The summed E-state index contributed by atoms with van der Waals surface area (Å²) in [4.78, 5) is 0.125. The van der Waals surface area contributed by atoms with Gasteiger partial charge in [0.25, 0.3) is 0 Å². The SMILES string of the molecule is CNS(=O)(=O)c1ccc(NC2CCC(C)C2)cc1N. The number of hydrogen-bond acceptors (Lipinski definition) is 4. The van der Waals surface area contributed by atoms with E-state index in [9.17, 15) is 8.42 Å². The lowest BCUT2D eigenvalue weighted by Gasteiger charge is -2.15. The Morgan fingerprint density at radius 2 is 2.05 bits per heavy atom. The lowest BCUT2D eigenvalue weighted by atomic mass is 10.1. The second-order valence-corrected chi connectivity index (χ2v) is 7.07. The number of nitrogens with two attached hydrogens (primary N) is 1. The van der Waals surface area contributed by atoms with Crippen molar-refractivity contribution in [2.45, 2.75) is 37.1 Å². The van der Waals surface area contributed by atoms with Crippen LogP contribution in [0.5, 0.6) is 0 Å². The van der Waals surface area contributed by atoms with Crippen molar-refractivity contribution in [2.75, 3.05) is 18.1 Å². The molecule has 1 aromatic rings. The van der Waals surface area contributed by atoms with Gasteiger partial charge in [-0.15, -0.1) is 0 Å². The van der Waals surface area contributed by atoms with E-state index in [4.69, 9.17) is 5.73 Å². The molecular weight excluding hydrogens is 262 g/mol. The summed E-state index contributed by atoms with van der Waals surface area (Å²) in [5.41, 5.74) is 6.98. The van der Waals surface area contributed by atoms with E-state index >= 15 is 0 Å². The Balaban J connectivity index is 2.15. The van der Waals surface area contributed by atoms with Gasteiger partial charge in [-0.1, -0.05) is 6.92 Å². The van der Waals surface area contributed by atoms with Gasteiger partial charge < -0.3 is 11.1 Å². The first-order chi connectivity index (χ1) is 8.92. The molecule has 0 radical (unpaired) electrons. The largest absolute Gasteiger partial charge is 0.398 e.